The zero-order valence-corrected chi connectivity index (χ0v) is 9.75. The second-order valence-electron chi connectivity index (χ2n) is 4.64. The number of nitrogens with zero attached hydrogens (tertiary/aromatic N) is 1. The van der Waals surface area contributed by atoms with Crippen molar-refractivity contribution in [1.29, 1.82) is 0 Å². The summed E-state index contributed by atoms with van der Waals surface area (Å²) in [6, 6.07) is 6.68. The maximum atomic E-state index is 12.9. The highest BCUT2D eigenvalue weighted by Crippen LogP contribution is 2.17. The predicted octanol–water partition coefficient (Wildman–Crippen LogP) is 2.58. The Balaban J connectivity index is 1.79. The van der Waals surface area contributed by atoms with E-state index in [4.69, 9.17) is 0 Å². The van der Waals surface area contributed by atoms with Crippen LogP contribution in [-0.4, -0.2) is 31.6 Å². The normalized spacial score (nSPS) is 18.6. The van der Waals surface area contributed by atoms with Crippen molar-refractivity contribution in [3.05, 3.63) is 30.1 Å². The van der Waals surface area contributed by atoms with E-state index < -0.39 is 0 Å². The van der Waals surface area contributed by atoms with Gasteiger partial charge in [-0.2, -0.15) is 0 Å². The lowest BCUT2D eigenvalue weighted by Crippen LogP contribution is -2.32. The van der Waals surface area contributed by atoms with Crippen LogP contribution in [0.25, 0.3) is 0 Å². The first kappa shape index (κ1) is 11.4. The minimum absolute atomic E-state index is 0.173. The van der Waals surface area contributed by atoms with Crippen molar-refractivity contribution in [2.75, 3.05) is 32.0 Å². The Bertz CT molecular complexity index is 332. The van der Waals surface area contributed by atoms with Gasteiger partial charge >= 0.3 is 0 Å². The molecular weight excluding hydrogens is 203 g/mol. The average molecular weight is 222 g/mol. The van der Waals surface area contributed by atoms with Crippen LogP contribution in [0.2, 0.25) is 0 Å². The van der Waals surface area contributed by atoms with Crippen LogP contribution in [0.1, 0.15) is 12.8 Å². The Morgan fingerprint density at radius 3 is 2.81 bits per heavy atom. The Kier molecular flexibility index (Phi) is 3.78. The fourth-order valence-electron chi connectivity index (χ4n) is 2.13. The molecule has 1 aromatic rings. The van der Waals surface area contributed by atoms with Gasteiger partial charge in [-0.1, -0.05) is 6.07 Å². The number of anilines is 1. The molecule has 0 saturated carbocycles. The molecule has 88 valence electrons. The number of benzene rings is 1. The van der Waals surface area contributed by atoms with E-state index in [-0.39, 0.29) is 5.82 Å². The van der Waals surface area contributed by atoms with Gasteiger partial charge in [-0.3, -0.25) is 0 Å². The lowest BCUT2D eigenvalue weighted by Gasteiger charge is -2.29. The summed E-state index contributed by atoms with van der Waals surface area (Å²) in [7, 11) is 2.16. The van der Waals surface area contributed by atoms with Crippen LogP contribution in [0.15, 0.2) is 24.3 Å². The van der Waals surface area contributed by atoms with E-state index >= 15 is 0 Å². The maximum absolute atomic E-state index is 12.9. The molecule has 0 aromatic heterocycles. The molecular formula is C13H19FN2. The fourth-order valence-corrected chi connectivity index (χ4v) is 2.13. The van der Waals surface area contributed by atoms with Crippen molar-refractivity contribution in [2.24, 2.45) is 5.92 Å². The largest absolute Gasteiger partial charge is 0.385 e. The van der Waals surface area contributed by atoms with Gasteiger partial charge in [0.1, 0.15) is 5.82 Å². The van der Waals surface area contributed by atoms with Crippen LogP contribution < -0.4 is 5.32 Å². The van der Waals surface area contributed by atoms with Crippen LogP contribution in [0.4, 0.5) is 10.1 Å². The molecule has 1 heterocycles. The van der Waals surface area contributed by atoms with Crippen LogP contribution in [0.3, 0.4) is 0 Å². The van der Waals surface area contributed by atoms with Crippen LogP contribution in [-0.2, 0) is 0 Å². The Labute approximate surface area is 96.5 Å². The molecule has 1 aliphatic rings. The molecule has 0 atom stereocenters. The molecule has 1 fully saturated rings. The van der Waals surface area contributed by atoms with Gasteiger partial charge in [0, 0.05) is 12.2 Å². The summed E-state index contributed by atoms with van der Waals surface area (Å²) in [5, 5.41) is 3.31. The minimum atomic E-state index is -0.173. The fraction of sp³-hybridized carbons (Fsp3) is 0.538. The van der Waals surface area contributed by atoms with E-state index in [0.717, 1.165) is 18.2 Å². The predicted molar refractivity (Wildman–Crippen MR) is 65.1 cm³/mol. The molecule has 0 spiro atoms. The number of hydrogen-bond donors (Lipinski definition) is 1. The third-order valence-corrected chi connectivity index (χ3v) is 3.26. The van der Waals surface area contributed by atoms with Crippen molar-refractivity contribution in [3.63, 3.8) is 0 Å². The molecule has 1 N–H and O–H groups in total. The summed E-state index contributed by atoms with van der Waals surface area (Å²) in [5.74, 6) is 0.549. The first-order valence-electron chi connectivity index (χ1n) is 5.92. The van der Waals surface area contributed by atoms with E-state index in [2.05, 4.69) is 17.3 Å². The van der Waals surface area contributed by atoms with E-state index in [1.54, 1.807) is 12.1 Å². The second kappa shape index (κ2) is 5.30. The lowest BCUT2D eigenvalue weighted by atomic mass is 9.97. The molecule has 1 aromatic carbocycles. The van der Waals surface area contributed by atoms with Crippen LogP contribution >= 0.6 is 0 Å². The van der Waals surface area contributed by atoms with Crippen molar-refractivity contribution in [2.45, 2.75) is 12.8 Å². The second-order valence-corrected chi connectivity index (χ2v) is 4.64. The molecule has 0 bridgehead atoms. The molecule has 1 saturated heterocycles. The molecule has 0 amide bonds. The van der Waals surface area contributed by atoms with Crippen molar-refractivity contribution >= 4 is 5.69 Å². The van der Waals surface area contributed by atoms with Gasteiger partial charge in [-0.05, 0) is 57.1 Å². The van der Waals surface area contributed by atoms with E-state index in [1.807, 2.05) is 6.07 Å². The topological polar surface area (TPSA) is 15.3 Å². The highest BCUT2D eigenvalue weighted by atomic mass is 19.1. The summed E-state index contributed by atoms with van der Waals surface area (Å²) >= 11 is 0. The average Bonchev–Trinajstić information content (AvgIpc) is 2.28. The minimum Gasteiger partial charge on any atom is -0.385 e. The zero-order valence-electron chi connectivity index (χ0n) is 9.75. The zero-order chi connectivity index (χ0) is 11.4. The van der Waals surface area contributed by atoms with E-state index in [1.165, 1.54) is 32.0 Å². The van der Waals surface area contributed by atoms with Crippen molar-refractivity contribution in [3.8, 4) is 0 Å². The number of piperidine rings is 1. The van der Waals surface area contributed by atoms with Gasteiger partial charge in [-0.25, -0.2) is 4.39 Å². The molecule has 2 nitrogen and oxygen atoms in total. The van der Waals surface area contributed by atoms with Gasteiger partial charge in [-0.15, -0.1) is 0 Å². The van der Waals surface area contributed by atoms with Gasteiger partial charge < -0.3 is 10.2 Å². The number of nitrogens with one attached hydrogen (secondary N) is 1. The standard InChI is InChI=1S/C13H19FN2/c1-16-7-5-11(6-8-16)10-15-13-4-2-3-12(14)9-13/h2-4,9,11,15H,5-8,10H2,1H3. The molecule has 2 rings (SSSR count). The Morgan fingerprint density at radius 2 is 2.12 bits per heavy atom. The van der Waals surface area contributed by atoms with Gasteiger partial charge in [0.05, 0.1) is 0 Å². The smallest absolute Gasteiger partial charge is 0.125 e. The van der Waals surface area contributed by atoms with E-state index in [9.17, 15) is 4.39 Å². The number of likely N-dealkylation sites (tertiary alicyclic amines) is 1. The number of hydrogen-bond acceptors (Lipinski definition) is 2. The molecule has 0 unspecified atom stereocenters. The van der Waals surface area contributed by atoms with E-state index in [0.29, 0.717) is 0 Å². The third kappa shape index (κ3) is 3.20. The highest BCUT2D eigenvalue weighted by Gasteiger charge is 2.15. The maximum Gasteiger partial charge on any atom is 0.125 e. The Morgan fingerprint density at radius 1 is 1.38 bits per heavy atom. The van der Waals surface area contributed by atoms with Gasteiger partial charge in [0.25, 0.3) is 0 Å². The quantitative estimate of drug-likeness (QED) is 0.845. The van der Waals surface area contributed by atoms with Crippen molar-refractivity contribution in [1.82, 2.24) is 4.90 Å². The summed E-state index contributed by atoms with van der Waals surface area (Å²) in [6.07, 6.45) is 2.47. The number of rotatable bonds is 3. The molecule has 0 radical (unpaired) electrons. The van der Waals surface area contributed by atoms with Crippen LogP contribution in [0, 0.1) is 11.7 Å². The SMILES string of the molecule is CN1CCC(CNc2cccc(F)c2)CC1. The number of halogens is 1. The Hall–Kier alpha value is -1.09. The molecule has 3 heteroatoms. The lowest BCUT2D eigenvalue weighted by molar-refractivity contribution is 0.226. The van der Waals surface area contributed by atoms with Crippen LogP contribution in [0.5, 0.6) is 0 Å². The van der Waals surface area contributed by atoms with Gasteiger partial charge in [0.2, 0.25) is 0 Å². The van der Waals surface area contributed by atoms with Gasteiger partial charge in [0.15, 0.2) is 0 Å². The first-order valence-corrected chi connectivity index (χ1v) is 5.92. The third-order valence-electron chi connectivity index (χ3n) is 3.26. The monoisotopic (exact) mass is 222 g/mol. The summed E-state index contributed by atoms with van der Waals surface area (Å²) in [6.45, 7) is 3.31. The molecule has 16 heavy (non-hydrogen) atoms. The summed E-state index contributed by atoms with van der Waals surface area (Å²) in [4.78, 5) is 2.36. The first-order chi connectivity index (χ1) is 7.74. The highest BCUT2D eigenvalue weighted by molar-refractivity contribution is 5.42. The molecule has 1 aliphatic heterocycles. The summed E-state index contributed by atoms with van der Waals surface area (Å²) < 4.78 is 12.9. The molecule has 0 aliphatic carbocycles. The summed E-state index contributed by atoms with van der Waals surface area (Å²) in [5.41, 5.74) is 0.888. The van der Waals surface area contributed by atoms with Crippen molar-refractivity contribution < 1.29 is 4.39 Å².